The van der Waals surface area contributed by atoms with Crippen molar-refractivity contribution in [2.75, 3.05) is 17.7 Å². The van der Waals surface area contributed by atoms with Gasteiger partial charge in [0.05, 0.1) is 36.3 Å². The lowest BCUT2D eigenvalue weighted by molar-refractivity contribution is 0.0955. The Bertz CT molecular complexity index is 1630. The van der Waals surface area contributed by atoms with Crippen molar-refractivity contribution in [1.82, 2.24) is 5.43 Å². The highest BCUT2D eigenvalue weighted by Crippen LogP contribution is 2.37. The minimum absolute atomic E-state index is 0.185. The third-order valence-corrected chi connectivity index (χ3v) is 7.85. The summed E-state index contributed by atoms with van der Waals surface area (Å²) in [6.45, 7) is 2.60. The molecule has 8 nitrogen and oxygen atoms in total. The van der Waals surface area contributed by atoms with Crippen LogP contribution in [0.4, 0.5) is 5.69 Å². The van der Waals surface area contributed by atoms with Gasteiger partial charge in [0, 0.05) is 5.56 Å². The first-order chi connectivity index (χ1) is 19.6. The Balaban J connectivity index is 1.41. The Labute approximate surface area is 248 Å². The predicted molar refractivity (Wildman–Crippen MR) is 165 cm³/mol. The number of carbonyl (C=O) groups excluding carboxylic acids is 1. The molecule has 0 aliphatic carbocycles. The molecule has 41 heavy (non-hydrogen) atoms. The van der Waals surface area contributed by atoms with E-state index in [0.717, 1.165) is 17.4 Å². The number of rotatable bonds is 11. The molecule has 0 bridgehead atoms. The maximum absolute atomic E-state index is 12.7. The summed E-state index contributed by atoms with van der Waals surface area (Å²) in [5.41, 5.74) is 7.03. The molecular formula is C31H30BrN3O5S. The van der Waals surface area contributed by atoms with Gasteiger partial charge in [0.1, 0.15) is 6.61 Å². The van der Waals surface area contributed by atoms with Crippen molar-refractivity contribution in [2.24, 2.45) is 5.10 Å². The highest BCUT2D eigenvalue weighted by molar-refractivity contribution is 9.10. The first-order valence-electron chi connectivity index (χ1n) is 12.6. The molecule has 4 rings (SSSR count). The van der Waals surface area contributed by atoms with E-state index in [2.05, 4.69) is 26.5 Å². The second-order valence-corrected chi connectivity index (χ2v) is 12.1. The standard InChI is InChI=1S/C31H30BrN3O5S/c1-22-9-11-24(12-10-22)21-40-30-28(32)17-25(18-29(30)39-2)19-33-34-31(36)26-13-15-27(16-14-26)35(41(3,37)38)20-23-7-5-4-6-8-23/h4-19H,20-21H2,1-3H3,(H,34,36)/b33-19-. The Hall–Kier alpha value is -4.15. The molecule has 0 heterocycles. The third kappa shape index (κ3) is 8.18. The van der Waals surface area contributed by atoms with Gasteiger partial charge < -0.3 is 9.47 Å². The number of hydrogen-bond acceptors (Lipinski definition) is 6. The van der Waals surface area contributed by atoms with Crippen molar-refractivity contribution in [3.63, 3.8) is 0 Å². The van der Waals surface area contributed by atoms with Crippen LogP contribution in [0.1, 0.15) is 32.6 Å². The van der Waals surface area contributed by atoms with Gasteiger partial charge in [-0.1, -0.05) is 60.2 Å². The van der Waals surface area contributed by atoms with Gasteiger partial charge in [-0.15, -0.1) is 0 Å². The van der Waals surface area contributed by atoms with Gasteiger partial charge in [0.15, 0.2) is 11.5 Å². The second kappa shape index (κ2) is 13.5. The monoisotopic (exact) mass is 635 g/mol. The van der Waals surface area contributed by atoms with Crippen LogP contribution in [0.5, 0.6) is 11.5 Å². The van der Waals surface area contributed by atoms with Crippen LogP contribution in [0.15, 0.2) is 101 Å². The molecule has 0 fully saturated rings. The van der Waals surface area contributed by atoms with Crippen molar-refractivity contribution in [3.05, 3.63) is 123 Å². The number of halogens is 1. The zero-order valence-corrected chi connectivity index (χ0v) is 25.3. The van der Waals surface area contributed by atoms with Crippen LogP contribution in [-0.2, 0) is 23.2 Å². The van der Waals surface area contributed by atoms with Gasteiger partial charge in [-0.2, -0.15) is 5.10 Å². The normalized spacial score (nSPS) is 11.3. The number of hydrogen-bond donors (Lipinski definition) is 1. The van der Waals surface area contributed by atoms with Gasteiger partial charge in [-0.25, -0.2) is 13.8 Å². The lowest BCUT2D eigenvalue weighted by Gasteiger charge is -2.22. The summed E-state index contributed by atoms with van der Waals surface area (Å²) >= 11 is 3.53. The lowest BCUT2D eigenvalue weighted by Crippen LogP contribution is -2.29. The molecule has 4 aromatic rings. The van der Waals surface area contributed by atoms with E-state index in [-0.39, 0.29) is 6.54 Å². The van der Waals surface area contributed by atoms with Crippen molar-refractivity contribution in [2.45, 2.75) is 20.1 Å². The fourth-order valence-corrected chi connectivity index (χ4v) is 5.41. The second-order valence-electron chi connectivity index (χ2n) is 9.31. The SMILES string of the molecule is COc1cc(/C=N\NC(=O)c2ccc(N(Cc3ccccc3)S(C)(=O)=O)cc2)cc(Br)c1OCc1ccc(C)cc1. The number of hydrazone groups is 1. The van der Waals surface area contributed by atoms with Gasteiger partial charge >= 0.3 is 0 Å². The molecular weight excluding hydrogens is 606 g/mol. The van der Waals surface area contributed by atoms with E-state index < -0.39 is 15.9 Å². The fourth-order valence-electron chi connectivity index (χ4n) is 3.95. The van der Waals surface area contributed by atoms with E-state index in [4.69, 9.17) is 9.47 Å². The number of nitrogens with zero attached hydrogens (tertiary/aromatic N) is 2. The Kier molecular flexibility index (Phi) is 9.80. The number of nitrogens with one attached hydrogen (secondary N) is 1. The van der Waals surface area contributed by atoms with Crippen LogP contribution in [0.25, 0.3) is 0 Å². The number of amides is 1. The molecule has 212 valence electrons. The topological polar surface area (TPSA) is 97.3 Å². The quantitative estimate of drug-likeness (QED) is 0.159. The van der Waals surface area contributed by atoms with Crippen LogP contribution in [0.3, 0.4) is 0 Å². The summed E-state index contributed by atoms with van der Waals surface area (Å²) in [5, 5.41) is 4.07. The summed E-state index contributed by atoms with van der Waals surface area (Å²) in [6, 6.07) is 27.3. The minimum Gasteiger partial charge on any atom is -0.493 e. The third-order valence-electron chi connectivity index (χ3n) is 6.12. The van der Waals surface area contributed by atoms with Crippen molar-refractivity contribution in [3.8, 4) is 11.5 Å². The number of carbonyl (C=O) groups is 1. The fraction of sp³-hybridized carbons (Fsp3) is 0.161. The summed E-state index contributed by atoms with van der Waals surface area (Å²) in [6.07, 6.45) is 2.65. The molecule has 10 heteroatoms. The van der Waals surface area contributed by atoms with Crippen LogP contribution in [-0.4, -0.2) is 33.9 Å². The van der Waals surface area contributed by atoms with E-state index in [9.17, 15) is 13.2 Å². The first kappa shape index (κ1) is 29.8. The molecule has 0 aliphatic rings. The van der Waals surface area contributed by atoms with Gasteiger partial charge in [0.2, 0.25) is 10.0 Å². The number of ether oxygens (including phenoxy) is 2. The maximum Gasteiger partial charge on any atom is 0.271 e. The number of anilines is 1. The largest absolute Gasteiger partial charge is 0.493 e. The van der Waals surface area contributed by atoms with Crippen LogP contribution >= 0.6 is 15.9 Å². The molecule has 4 aromatic carbocycles. The Morgan fingerprint density at radius 3 is 2.29 bits per heavy atom. The molecule has 0 atom stereocenters. The van der Waals surface area contributed by atoms with Crippen LogP contribution in [0.2, 0.25) is 0 Å². The summed E-state index contributed by atoms with van der Waals surface area (Å²) < 4.78 is 38.4. The van der Waals surface area contributed by atoms with Gasteiger partial charge in [-0.05, 0) is 75.9 Å². The van der Waals surface area contributed by atoms with Crippen LogP contribution < -0.4 is 19.2 Å². The number of aryl methyl sites for hydroxylation is 1. The highest BCUT2D eigenvalue weighted by Gasteiger charge is 2.18. The summed E-state index contributed by atoms with van der Waals surface area (Å²) in [4.78, 5) is 12.7. The molecule has 0 aliphatic heterocycles. The number of methoxy groups -OCH3 is 1. The van der Waals surface area contributed by atoms with Gasteiger partial charge in [0.25, 0.3) is 5.91 Å². The molecule has 0 spiro atoms. The molecule has 0 saturated carbocycles. The average molecular weight is 637 g/mol. The number of sulfonamides is 1. The molecule has 1 amide bonds. The smallest absolute Gasteiger partial charge is 0.271 e. The minimum atomic E-state index is -3.54. The van der Waals surface area contributed by atoms with E-state index in [1.54, 1.807) is 37.4 Å². The summed E-state index contributed by atoms with van der Waals surface area (Å²) in [7, 11) is -1.99. The molecule has 0 radical (unpaired) electrons. The molecule has 1 N–H and O–H groups in total. The zero-order chi connectivity index (χ0) is 29.4. The van der Waals surface area contributed by atoms with E-state index in [0.29, 0.717) is 39.4 Å². The lowest BCUT2D eigenvalue weighted by atomic mass is 10.1. The Morgan fingerprint density at radius 1 is 0.976 bits per heavy atom. The van der Waals surface area contributed by atoms with Crippen molar-refractivity contribution < 1.29 is 22.7 Å². The van der Waals surface area contributed by atoms with Crippen LogP contribution in [0, 0.1) is 6.92 Å². The van der Waals surface area contributed by atoms with E-state index in [1.165, 1.54) is 16.1 Å². The first-order valence-corrected chi connectivity index (χ1v) is 15.3. The summed E-state index contributed by atoms with van der Waals surface area (Å²) in [5.74, 6) is 0.636. The molecule has 0 unspecified atom stereocenters. The zero-order valence-electron chi connectivity index (χ0n) is 22.9. The highest BCUT2D eigenvalue weighted by atomic mass is 79.9. The molecule has 0 saturated heterocycles. The predicted octanol–water partition coefficient (Wildman–Crippen LogP) is 6.08. The van der Waals surface area contributed by atoms with Crippen molar-refractivity contribution >= 4 is 43.8 Å². The van der Waals surface area contributed by atoms with Crippen molar-refractivity contribution in [1.29, 1.82) is 0 Å². The number of benzene rings is 4. The van der Waals surface area contributed by atoms with E-state index >= 15 is 0 Å². The maximum atomic E-state index is 12.7. The molecule has 0 aromatic heterocycles. The Morgan fingerprint density at radius 2 is 1.66 bits per heavy atom. The van der Waals surface area contributed by atoms with Gasteiger partial charge in [-0.3, -0.25) is 9.10 Å². The van der Waals surface area contributed by atoms with E-state index in [1.807, 2.05) is 67.6 Å². The average Bonchev–Trinajstić information content (AvgIpc) is 2.96.